The maximum atomic E-state index is 5.99. The van der Waals surface area contributed by atoms with Gasteiger partial charge in [-0.1, -0.05) is 35.2 Å². The summed E-state index contributed by atoms with van der Waals surface area (Å²) in [6, 6.07) is 9.14. The van der Waals surface area contributed by atoms with Gasteiger partial charge in [-0.25, -0.2) is 0 Å². The summed E-state index contributed by atoms with van der Waals surface area (Å²) in [4.78, 5) is 0. The molecule has 1 fully saturated rings. The third-order valence-electron chi connectivity index (χ3n) is 4.79. The molecule has 0 bridgehead atoms. The van der Waals surface area contributed by atoms with Crippen molar-refractivity contribution < 1.29 is 4.42 Å². The van der Waals surface area contributed by atoms with Crippen molar-refractivity contribution in [3.8, 4) is 0 Å². The van der Waals surface area contributed by atoms with Gasteiger partial charge in [0.25, 0.3) is 0 Å². The lowest BCUT2D eigenvalue weighted by molar-refractivity contribution is 0.260. The van der Waals surface area contributed by atoms with Crippen molar-refractivity contribution in [3.05, 3.63) is 34.5 Å². The van der Waals surface area contributed by atoms with Crippen LogP contribution >= 0.6 is 15.9 Å². The maximum absolute atomic E-state index is 5.99. The summed E-state index contributed by atoms with van der Waals surface area (Å²) >= 11 is 3.51. The van der Waals surface area contributed by atoms with Crippen LogP contribution in [0.5, 0.6) is 0 Å². The molecule has 3 rings (SSSR count). The highest BCUT2D eigenvalue weighted by molar-refractivity contribution is 9.10. The van der Waals surface area contributed by atoms with Crippen LogP contribution in [0.1, 0.15) is 57.8 Å². The smallest absolute Gasteiger partial charge is 0.134 e. The van der Waals surface area contributed by atoms with E-state index in [1.54, 1.807) is 0 Å². The van der Waals surface area contributed by atoms with E-state index in [1.807, 2.05) is 12.1 Å². The van der Waals surface area contributed by atoms with Crippen LogP contribution < -0.4 is 5.32 Å². The Morgan fingerprint density at radius 3 is 2.67 bits per heavy atom. The van der Waals surface area contributed by atoms with Crippen LogP contribution in [0.25, 0.3) is 11.0 Å². The SMILES string of the molecule is CC(N[C@H](C)C1CCCCC1)c1cc2cc(Br)ccc2o1. The van der Waals surface area contributed by atoms with Crippen molar-refractivity contribution in [2.24, 2.45) is 5.92 Å². The second-order valence-electron chi connectivity index (χ2n) is 6.41. The fourth-order valence-electron chi connectivity index (χ4n) is 3.49. The zero-order valence-electron chi connectivity index (χ0n) is 12.9. The third kappa shape index (κ3) is 3.51. The van der Waals surface area contributed by atoms with Gasteiger partial charge in [0.2, 0.25) is 0 Å². The summed E-state index contributed by atoms with van der Waals surface area (Å²) in [6.07, 6.45) is 6.94. The molecule has 0 aliphatic heterocycles. The molecule has 2 nitrogen and oxygen atoms in total. The summed E-state index contributed by atoms with van der Waals surface area (Å²) < 4.78 is 7.09. The molecule has 0 amide bonds. The molecule has 1 N–H and O–H groups in total. The fraction of sp³-hybridized carbons (Fsp3) is 0.556. The van der Waals surface area contributed by atoms with E-state index in [-0.39, 0.29) is 6.04 Å². The molecule has 1 unspecified atom stereocenters. The average molecular weight is 350 g/mol. The van der Waals surface area contributed by atoms with E-state index in [9.17, 15) is 0 Å². The van der Waals surface area contributed by atoms with Crippen molar-refractivity contribution in [1.82, 2.24) is 5.32 Å². The van der Waals surface area contributed by atoms with Crippen molar-refractivity contribution in [1.29, 1.82) is 0 Å². The highest BCUT2D eigenvalue weighted by Crippen LogP contribution is 2.30. The molecule has 21 heavy (non-hydrogen) atoms. The first-order chi connectivity index (χ1) is 10.1. The molecule has 1 aromatic carbocycles. The first-order valence-corrected chi connectivity index (χ1v) is 8.88. The molecule has 1 saturated carbocycles. The van der Waals surface area contributed by atoms with E-state index < -0.39 is 0 Å². The Morgan fingerprint density at radius 2 is 1.90 bits per heavy atom. The summed E-state index contributed by atoms with van der Waals surface area (Å²) in [7, 11) is 0. The average Bonchev–Trinajstić information content (AvgIpc) is 2.91. The van der Waals surface area contributed by atoms with Crippen LogP contribution in [-0.2, 0) is 0 Å². The number of nitrogens with one attached hydrogen (secondary N) is 1. The molecule has 1 aromatic heterocycles. The quantitative estimate of drug-likeness (QED) is 0.752. The van der Waals surface area contributed by atoms with Gasteiger partial charge in [-0.05, 0) is 56.9 Å². The molecule has 1 aliphatic carbocycles. The van der Waals surface area contributed by atoms with Crippen LogP contribution in [0.3, 0.4) is 0 Å². The maximum Gasteiger partial charge on any atom is 0.134 e. The second kappa shape index (κ2) is 6.53. The third-order valence-corrected chi connectivity index (χ3v) is 5.29. The van der Waals surface area contributed by atoms with Crippen molar-refractivity contribution in [3.63, 3.8) is 0 Å². The zero-order chi connectivity index (χ0) is 14.8. The predicted octanol–water partition coefficient (Wildman–Crippen LogP) is 5.81. The number of hydrogen-bond donors (Lipinski definition) is 1. The highest BCUT2D eigenvalue weighted by atomic mass is 79.9. The minimum absolute atomic E-state index is 0.258. The Labute approximate surface area is 135 Å². The Bertz CT molecular complexity index is 600. The van der Waals surface area contributed by atoms with Crippen molar-refractivity contribution in [2.75, 3.05) is 0 Å². The Balaban J connectivity index is 1.69. The topological polar surface area (TPSA) is 25.2 Å². The molecule has 1 aliphatic rings. The summed E-state index contributed by atoms with van der Waals surface area (Å²) in [6.45, 7) is 4.53. The van der Waals surface area contributed by atoms with Crippen molar-refractivity contribution >= 4 is 26.9 Å². The minimum atomic E-state index is 0.258. The lowest BCUT2D eigenvalue weighted by Gasteiger charge is -2.30. The van der Waals surface area contributed by atoms with Gasteiger partial charge in [-0.3, -0.25) is 0 Å². The van der Waals surface area contributed by atoms with E-state index in [4.69, 9.17) is 4.42 Å². The molecule has 0 saturated heterocycles. The van der Waals surface area contributed by atoms with Crippen LogP contribution in [0.15, 0.2) is 33.2 Å². The van der Waals surface area contributed by atoms with E-state index >= 15 is 0 Å². The summed E-state index contributed by atoms with van der Waals surface area (Å²) in [5.74, 6) is 1.85. The number of furan rings is 1. The monoisotopic (exact) mass is 349 g/mol. The number of halogens is 1. The highest BCUT2D eigenvalue weighted by Gasteiger charge is 2.22. The van der Waals surface area contributed by atoms with Crippen LogP contribution in [0.2, 0.25) is 0 Å². The number of hydrogen-bond acceptors (Lipinski definition) is 2. The molecule has 3 heteroatoms. The van der Waals surface area contributed by atoms with Gasteiger partial charge in [-0.2, -0.15) is 0 Å². The van der Waals surface area contributed by atoms with Gasteiger partial charge in [0, 0.05) is 15.9 Å². The van der Waals surface area contributed by atoms with Gasteiger partial charge < -0.3 is 9.73 Å². The van der Waals surface area contributed by atoms with Crippen LogP contribution in [0.4, 0.5) is 0 Å². The van der Waals surface area contributed by atoms with E-state index in [1.165, 1.54) is 37.5 Å². The lowest BCUT2D eigenvalue weighted by atomic mass is 9.84. The van der Waals surface area contributed by atoms with Gasteiger partial charge in [-0.15, -0.1) is 0 Å². The number of rotatable bonds is 4. The predicted molar refractivity (Wildman–Crippen MR) is 91.5 cm³/mol. The number of benzene rings is 1. The first-order valence-electron chi connectivity index (χ1n) is 8.08. The minimum Gasteiger partial charge on any atom is -0.459 e. The second-order valence-corrected chi connectivity index (χ2v) is 7.32. The largest absolute Gasteiger partial charge is 0.459 e. The Hall–Kier alpha value is -0.800. The van der Waals surface area contributed by atoms with Crippen LogP contribution in [-0.4, -0.2) is 6.04 Å². The Kier molecular flexibility index (Phi) is 4.70. The Morgan fingerprint density at radius 1 is 1.14 bits per heavy atom. The molecule has 114 valence electrons. The van der Waals surface area contributed by atoms with Gasteiger partial charge in [0.1, 0.15) is 11.3 Å². The fourth-order valence-corrected chi connectivity index (χ4v) is 3.87. The van der Waals surface area contributed by atoms with Gasteiger partial charge in [0.05, 0.1) is 6.04 Å². The summed E-state index contributed by atoms with van der Waals surface area (Å²) in [5.41, 5.74) is 0.965. The molecule has 2 atom stereocenters. The molecular weight excluding hydrogens is 326 g/mol. The van der Waals surface area contributed by atoms with Gasteiger partial charge >= 0.3 is 0 Å². The van der Waals surface area contributed by atoms with E-state index in [0.717, 1.165) is 21.7 Å². The van der Waals surface area contributed by atoms with E-state index in [0.29, 0.717) is 6.04 Å². The van der Waals surface area contributed by atoms with Gasteiger partial charge in [0.15, 0.2) is 0 Å². The van der Waals surface area contributed by atoms with E-state index in [2.05, 4.69) is 47.2 Å². The normalized spacial score (nSPS) is 19.8. The standard InChI is InChI=1S/C18H24BrNO/c1-12(14-6-4-3-5-7-14)20-13(2)18-11-15-10-16(19)8-9-17(15)21-18/h8-14,20H,3-7H2,1-2H3/t12-,13?/m1/s1. The zero-order valence-corrected chi connectivity index (χ0v) is 14.4. The van der Waals surface area contributed by atoms with Crippen molar-refractivity contribution in [2.45, 2.75) is 58.0 Å². The molecule has 0 spiro atoms. The first kappa shape index (κ1) is 15.1. The molecule has 1 heterocycles. The number of fused-ring (bicyclic) bond motifs is 1. The molecular formula is C18H24BrNO. The lowest BCUT2D eigenvalue weighted by Crippen LogP contribution is -2.36. The molecule has 2 aromatic rings. The molecule has 0 radical (unpaired) electrons. The van der Waals surface area contributed by atoms with Crippen LogP contribution in [0, 0.1) is 5.92 Å². The summed E-state index contributed by atoms with van der Waals surface area (Å²) in [5, 5.41) is 4.90.